The van der Waals surface area contributed by atoms with Crippen molar-refractivity contribution in [1.29, 1.82) is 0 Å². The Hall–Kier alpha value is -1.80. The molecular weight excluding hydrogens is 318 g/mol. The standard InChI is InChI=1S/C24H31NO/c1-18(2)25-16-15-24(3)17-22(13-14-23(24)25)26-21-11-9-20(10-12-21)19-7-5-4-6-8-19/h4-12,18,22-23H,13-17H2,1-3H3. The molecule has 2 aromatic carbocycles. The molecule has 26 heavy (non-hydrogen) atoms. The fraction of sp³-hybridized carbons (Fsp3) is 0.500. The number of rotatable bonds is 4. The van der Waals surface area contributed by atoms with Gasteiger partial charge in [-0.2, -0.15) is 0 Å². The average Bonchev–Trinajstić information content (AvgIpc) is 3.00. The summed E-state index contributed by atoms with van der Waals surface area (Å²) in [5.41, 5.74) is 2.92. The topological polar surface area (TPSA) is 12.5 Å². The molecule has 1 saturated carbocycles. The molecule has 138 valence electrons. The van der Waals surface area contributed by atoms with Crippen LogP contribution in [-0.4, -0.2) is 29.6 Å². The molecule has 2 aliphatic rings. The summed E-state index contributed by atoms with van der Waals surface area (Å²) in [5, 5.41) is 0. The smallest absolute Gasteiger partial charge is 0.119 e. The van der Waals surface area contributed by atoms with Gasteiger partial charge < -0.3 is 4.74 Å². The Morgan fingerprint density at radius 2 is 1.65 bits per heavy atom. The summed E-state index contributed by atoms with van der Waals surface area (Å²) in [6.45, 7) is 8.40. The van der Waals surface area contributed by atoms with Crippen LogP contribution in [0.3, 0.4) is 0 Å². The third kappa shape index (κ3) is 3.40. The molecule has 0 spiro atoms. The minimum Gasteiger partial charge on any atom is -0.490 e. The van der Waals surface area contributed by atoms with Crippen LogP contribution in [0.4, 0.5) is 0 Å². The van der Waals surface area contributed by atoms with E-state index in [1.54, 1.807) is 0 Å². The molecule has 2 aromatic rings. The highest BCUT2D eigenvalue weighted by Gasteiger charge is 2.48. The van der Waals surface area contributed by atoms with Gasteiger partial charge in [0.05, 0.1) is 6.10 Å². The van der Waals surface area contributed by atoms with E-state index in [0.717, 1.165) is 11.8 Å². The predicted octanol–water partition coefficient (Wildman–Crippen LogP) is 5.77. The van der Waals surface area contributed by atoms with E-state index in [0.29, 0.717) is 17.6 Å². The first-order valence-corrected chi connectivity index (χ1v) is 10.1. The van der Waals surface area contributed by atoms with Crippen molar-refractivity contribution < 1.29 is 4.74 Å². The Morgan fingerprint density at radius 3 is 2.35 bits per heavy atom. The molecule has 3 atom stereocenters. The molecule has 4 rings (SSSR count). The lowest BCUT2D eigenvalue weighted by molar-refractivity contribution is 0.0274. The highest BCUT2D eigenvalue weighted by Crippen LogP contribution is 2.48. The number of hydrogen-bond donors (Lipinski definition) is 0. The van der Waals surface area contributed by atoms with E-state index < -0.39 is 0 Å². The van der Waals surface area contributed by atoms with Gasteiger partial charge in [-0.25, -0.2) is 0 Å². The quantitative estimate of drug-likeness (QED) is 0.694. The molecule has 0 N–H and O–H groups in total. The lowest BCUT2D eigenvalue weighted by Crippen LogP contribution is -2.47. The van der Waals surface area contributed by atoms with Gasteiger partial charge in [-0.05, 0) is 74.8 Å². The molecular formula is C24H31NO. The second-order valence-electron chi connectivity index (χ2n) is 8.66. The minimum absolute atomic E-state index is 0.353. The second-order valence-corrected chi connectivity index (χ2v) is 8.66. The molecule has 0 bridgehead atoms. The maximum Gasteiger partial charge on any atom is 0.119 e. The largest absolute Gasteiger partial charge is 0.490 e. The molecule has 3 unspecified atom stereocenters. The fourth-order valence-electron chi connectivity index (χ4n) is 5.09. The molecule has 1 heterocycles. The Labute approximate surface area is 158 Å². The summed E-state index contributed by atoms with van der Waals surface area (Å²) in [6, 6.07) is 20.5. The summed E-state index contributed by atoms with van der Waals surface area (Å²) in [7, 11) is 0. The Bertz CT molecular complexity index is 724. The van der Waals surface area contributed by atoms with E-state index in [2.05, 4.69) is 80.3 Å². The zero-order valence-electron chi connectivity index (χ0n) is 16.3. The number of nitrogens with zero attached hydrogens (tertiary/aromatic N) is 1. The van der Waals surface area contributed by atoms with Crippen molar-refractivity contribution in [3.8, 4) is 16.9 Å². The molecule has 0 aromatic heterocycles. The third-order valence-electron chi connectivity index (χ3n) is 6.53. The molecule has 1 aliphatic carbocycles. The Balaban J connectivity index is 1.41. The van der Waals surface area contributed by atoms with Crippen LogP contribution in [0.15, 0.2) is 54.6 Å². The molecule has 0 radical (unpaired) electrons. The molecule has 2 fully saturated rings. The normalized spacial score (nSPS) is 28.9. The van der Waals surface area contributed by atoms with E-state index in [-0.39, 0.29) is 0 Å². The SMILES string of the molecule is CC(C)N1CCC2(C)CC(Oc3ccc(-c4ccccc4)cc3)CCC12. The van der Waals surface area contributed by atoms with Gasteiger partial charge in [0.25, 0.3) is 0 Å². The van der Waals surface area contributed by atoms with Gasteiger partial charge in [0.15, 0.2) is 0 Å². The van der Waals surface area contributed by atoms with Gasteiger partial charge in [-0.3, -0.25) is 4.90 Å². The van der Waals surface area contributed by atoms with E-state index in [4.69, 9.17) is 4.74 Å². The number of ether oxygens (including phenoxy) is 1. The average molecular weight is 350 g/mol. The maximum absolute atomic E-state index is 6.40. The maximum atomic E-state index is 6.40. The van der Waals surface area contributed by atoms with Crippen molar-refractivity contribution >= 4 is 0 Å². The second kappa shape index (κ2) is 7.08. The van der Waals surface area contributed by atoms with Crippen molar-refractivity contribution in [2.75, 3.05) is 6.54 Å². The van der Waals surface area contributed by atoms with Gasteiger partial charge in [-0.1, -0.05) is 49.4 Å². The van der Waals surface area contributed by atoms with E-state index in [1.807, 2.05) is 0 Å². The number of likely N-dealkylation sites (tertiary alicyclic amines) is 1. The third-order valence-corrected chi connectivity index (χ3v) is 6.53. The summed E-state index contributed by atoms with van der Waals surface area (Å²) in [4.78, 5) is 2.71. The molecule has 1 aliphatic heterocycles. The fourth-order valence-corrected chi connectivity index (χ4v) is 5.09. The number of benzene rings is 2. The van der Waals surface area contributed by atoms with Crippen LogP contribution < -0.4 is 4.74 Å². The summed E-state index contributed by atoms with van der Waals surface area (Å²) < 4.78 is 6.40. The van der Waals surface area contributed by atoms with Gasteiger partial charge in [-0.15, -0.1) is 0 Å². The Morgan fingerprint density at radius 1 is 0.962 bits per heavy atom. The molecule has 0 amide bonds. The van der Waals surface area contributed by atoms with Crippen LogP contribution in [0.1, 0.15) is 46.5 Å². The summed E-state index contributed by atoms with van der Waals surface area (Å²) in [5.74, 6) is 1.01. The highest BCUT2D eigenvalue weighted by molar-refractivity contribution is 5.63. The zero-order chi connectivity index (χ0) is 18.1. The number of hydrogen-bond acceptors (Lipinski definition) is 2. The lowest BCUT2D eigenvalue weighted by Gasteiger charge is -2.43. The van der Waals surface area contributed by atoms with Gasteiger partial charge >= 0.3 is 0 Å². The van der Waals surface area contributed by atoms with Gasteiger partial charge in [0.1, 0.15) is 5.75 Å². The molecule has 2 heteroatoms. The van der Waals surface area contributed by atoms with Gasteiger partial charge in [0, 0.05) is 12.1 Å². The molecule has 1 saturated heterocycles. The first-order chi connectivity index (χ1) is 12.5. The lowest BCUT2D eigenvalue weighted by atomic mass is 9.70. The van der Waals surface area contributed by atoms with E-state index >= 15 is 0 Å². The van der Waals surface area contributed by atoms with Crippen LogP contribution in [0, 0.1) is 5.41 Å². The van der Waals surface area contributed by atoms with Crippen LogP contribution in [0.25, 0.3) is 11.1 Å². The predicted molar refractivity (Wildman–Crippen MR) is 108 cm³/mol. The monoisotopic (exact) mass is 349 g/mol. The van der Waals surface area contributed by atoms with Crippen LogP contribution >= 0.6 is 0 Å². The molecule has 2 nitrogen and oxygen atoms in total. The first kappa shape index (κ1) is 17.6. The van der Waals surface area contributed by atoms with Crippen molar-refractivity contribution in [2.45, 2.75) is 64.6 Å². The van der Waals surface area contributed by atoms with Crippen LogP contribution in [-0.2, 0) is 0 Å². The van der Waals surface area contributed by atoms with Gasteiger partial charge in [0.2, 0.25) is 0 Å². The van der Waals surface area contributed by atoms with Crippen molar-refractivity contribution in [1.82, 2.24) is 4.90 Å². The summed E-state index contributed by atoms with van der Waals surface area (Å²) in [6.07, 6.45) is 5.28. The number of fused-ring (bicyclic) bond motifs is 1. The highest BCUT2D eigenvalue weighted by atomic mass is 16.5. The van der Waals surface area contributed by atoms with Crippen molar-refractivity contribution in [3.63, 3.8) is 0 Å². The van der Waals surface area contributed by atoms with Crippen molar-refractivity contribution in [3.05, 3.63) is 54.6 Å². The zero-order valence-corrected chi connectivity index (χ0v) is 16.3. The van der Waals surface area contributed by atoms with Crippen LogP contribution in [0.2, 0.25) is 0 Å². The first-order valence-electron chi connectivity index (χ1n) is 10.1. The summed E-state index contributed by atoms with van der Waals surface area (Å²) >= 11 is 0. The van der Waals surface area contributed by atoms with Crippen LogP contribution in [0.5, 0.6) is 5.75 Å². The Kier molecular flexibility index (Phi) is 4.79. The van der Waals surface area contributed by atoms with E-state index in [9.17, 15) is 0 Å². The van der Waals surface area contributed by atoms with Crippen molar-refractivity contribution in [2.24, 2.45) is 5.41 Å². The van der Waals surface area contributed by atoms with E-state index in [1.165, 1.54) is 43.4 Å². The minimum atomic E-state index is 0.353.